The molecule has 3 unspecified atom stereocenters. The molecule has 1 N–H and O–H groups in total. The Bertz CT molecular complexity index is 384. The summed E-state index contributed by atoms with van der Waals surface area (Å²) in [4.78, 5) is 0. The second kappa shape index (κ2) is 27.3. The van der Waals surface area contributed by atoms with Crippen molar-refractivity contribution >= 4 is 0 Å². The molecule has 0 spiro atoms. The highest BCUT2D eigenvalue weighted by molar-refractivity contribution is 4.55. The molecule has 206 valence electrons. The summed E-state index contributed by atoms with van der Waals surface area (Å²) in [6.07, 6.45) is 13.5. The number of unbranched alkanes of at least 4 members (excludes halogenated alkanes) is 9. The van der Waals surface area contributed by atoms with Gasteiger partial charge in [0.15, 0.2) is 0 Å². The summed E-state index contributed by atoms with van der Waals surface area (Å²) in [5.74, 6) is 0. The number of ether oxygens (including phenoxy) is 6. The van der Waals surface area contributed by atoms with E-state index in [1.807, 2.05) is 20.8 Å². The Morgan fingerprint density at radius 2 is 0.941 bits per heavy atom. The van der Waals surface area contributed by atoms with Gasteiger partial charge in [0.05, 0.1) is 77.8 Å². The molecule has 7 heteroatoms. The first-order valence-electron chi connectivity index (χ1n) is 13.8. The molecule has 0 saturated carbocycles. The Balaban J connectivity index is 3.40. The molecule has 34 heavy (non-hydrogen) atoms. The van der Waals surface area contributed by atoms with E-state index in [0.29, 0.717) is 52.9 Å². The summed E-state index contributed by atoms with van der Waals surface area (Å²) in [6, 6.07) is 0. The van der Waals surface area contributed by atoms with Gasteiger partial charge in [0.2, 0.25) is 0 Å². The van der Waals surface area contributed by atoms with Gasteiger partial charge >= 0.3 is 0 Å². The van der Waals surface area contributed by atoms with Gasteiger partial charge in [0.1, 0.15) is 0 Å². The van der Waals surface area contributed by atoms with Crippen LogP contribution in [0, 0.1) is 0 Å². The number of rotatable bonds is 28. The average molecular weight is 493 g/mol. The third-order valence-corrected chi connectivity index (χ3v) is 5.46. The van der Waals surface area contributed by atoms with Crippen LogP contribution in [0.4, 0.5) is 0 Å². The molecule has 0 rings (SSSR count). The first-order valence-corrected chi connectivity index (χ1v) is 13.8. The van der Waals surface area contributed by atoms with Crippen LogP contribution in [-0.2, 0) is 28.4 Å². The summed E-state index contributed by atoms with van der Waals surface area (Å²) < 4.78 is 33.6. The Kier molecular flexibility index (Phi) is 27.1. The van der Waals surface area contributed by atoms with Crippen molar-refractivity contribution in [3.63, 3.8) is 0 Å². The largest absolute Gasteiger partial charge is 0.394 e. The van der Waals surface area contributed by atoms with Gasteiger partial charge < -0.3 is 33.5 Å². The molecule has 0 saturated heterocycles. The van der Waals surface area contributed by atoms with Gasteiger partial charge in [-0.2, -0.15) is 0 Å². The van der Waals surface area contributed by atoms with E-state index in [2.05, 4.69) is 6.92 Å². The normalized spacial score (nSPS) is 14.4. The van der Waals surface area contributed by atoms with Gasteiger partial charge in [0, 0.05) is 6.61 Å². The van der Waals surface area contributed by atoms with Gasteiger partial charge in [-0.25, -0.2) is 0 Å². The number of hydrogen-bond acceptors (Lipinski definition) is 7. The molecule has 7 nitrogen and oxygen atoms in total. The topological polar surface area (TPSA) is 75.6 Å². The molecule has 0 aromatic carbocycles. The first kappa shape index (κ1) is 33.7. The first-order chi connectivity index (χ1) is 16.6. The summed E-state index contributed by atoms with van der Waals surface area (Å²) in [5, 5.41) is 8.61. The van der Waals surface area contributed by atoms with Crippen LogP contribution >= 0.6 is 0 Å². The lowest BCUT2D eigenvalue weighted by Crippen LogP contribution is -2.27. The maximum Gasteiger partial charge on any atom is 0.0781 e. The predicted molar refractivity (Wildman–Crippen MR) is 138 cm³/mol. The second-order valence-electron chi connectivity index (χ2n) is 9.17. The van der Waals surface area contributed by atoms with Crippen LogP contribution in [0.25, 0.3) is 0 Å². The van der Waals surface area contributed by atoms with Crippen LogP contribution in [0.3, 0.4) is 0 Å². The Morgan fingerprint density at radius 3 is 1.53 bits per heavy atom. The monoisotopic (exact) mass is 492 g/mol. The SMILES string of the molecule is CCCCCCCCCCCCOCC(C)OCC(C)OCC(C)OCCOCCOCCO. The average Bonchev–Trinajstić information content (AvgIpc) is 2.83. The minimum atomic E-state index is -0.00139. The summed E-state index contributed by atoms with van der Waals surface area (Å²) in [7, 11) is 0. The summed E-state index contributed by atoms with van der Waals surface area (Å²) in [6.45, 7) is 13.3. The molecular weight excluding hydrogens is 436 g/mol. The Labute approximate surface area is 210 Å². The van der Waals surface area contributed by atoms with Crippen LogP contribution in [-0.4, -0.2) is 89.5 Å². The molecule has 0 aliphatic carbocycles. The number of hydrogen-bond donors (Lipinski definition) is 1. The van der Waals surface area contributed by atoms with E-state index in [-0.39, 0.29) is 24.9 Å². The van der Waals surface area contributed by atoms with Gasteiger partial charge in [-0.1, -0.05) is 64.7 Å². The number of aliphatic hydroxyl groups is 1. The molecule has 0 aliphatic heterocycles. The van der Waals surface area contributed by atoms with Crippen LogP contribution in [0.5, 0.6) is 0 Å². The van der Waals surface area contributed by atoms with Crippen LogP contribution in [0.2, 0.25) is 0 Å². The van der Waals surface area contributed by atoms with E-state index in [0.717, 1.165) is 13.0 Å². The van der Waals surface area contributed by atoms with Crippen molar-refractivity contribution in [3.05, 3.63) is 0 Å². The maximum atomic E-state index is 8.61. The van der Waals surface area contributed by atoms with Crippen molar-refractivity contribution in [1.29, 1.82) is 0 Å². The van der Waals surface area contributed by atoms with Crippen molar-refractivity contribution < 1.29 is 33.5 Å². The fourth-order valence-corrected chi connectivity index (χ4v) is 3.38. The Hall–Kier alpha value is -0.280. The third-order valence-electron chi connectivity index (χ3n) is 5.46. The summed E-state index contributed by atoms with van der Waals surface area (Å²) >= 11 is 0. The molecule has 0 radical (unpaired) electrons. The van der Waals surface area contributed by atoms with E-state index in [1.54, 1.807) is 0 Å². The molecule has 0 bridgehead atoms. The highest BCUT2D eigenvalue weighted by Gasteiger charge is 2.10. The lowest BCUT2D eigenvalue weighted by Gasteiger charge is -2.20. The molecule has 0 amide bonds. The number of aliphatic hydroxyl groups excluding tert-OH is 1. The summed E-state index contributed by atoms with van der Waals surface area (Å²) in [5.41, 5.74) is 0. The van der Waals surface area contributed by atoms with Crippen LogP contribution < -0.4 is 0 Å². The fraction of sp³-hybridized carbons (Fsp3) is 1.00. The van der Waals surface area contributed by atoms with Gasteiger partial charge in [-0.3, -0.25) is 0 Å². The highest BCUT2D eigenvalue weighted by atomic mass is 16.6. The van der Waals surface area contributed by atoms with E-state index < -0.39 is 0 Å². The minimum absolute atomic E-state index is 0.00139. The molecule has 0 aromatic heterocycles. The van der Waals surface area contributed by atoms with E-state index in [9.17, 15) is 0 Å². The predicted octanol–water partition coefficient (Wildman–Crippen LogP) is 5.16. The van der Waals surface area contributed by atoms with Crippen molar-refractivity contribution in [2.75, 3.05) is 66.1 Å². The second-order valence-corrected chi connectivity index (χ2v) is 9.17. The zero-order chi connectivity index (χ0) is 25.1. The highest BCUT2D eigenvalue weighted by Crippen LogP contribution is 2.10. The van der Waals surface area contributed by atoms with Crippen molar-refractivity contribution in [1.82, 2.24) is 0 Å². The molecule has 0 heterocycles. The maximum absolute atomic E-state index is 8.61. The van der Waals surface area contributed by atoms with E-state index >= 15 is 0 Å². The third kappa shape index (κ3) is 26.3. The molecule has 3 atom stereocenters. The van der Waals surface area contributed by atoms with E-state index in [1.165, 1.54) is 57.8 Å². The van der Waals surface area contributed by atoms with Crippen molar-refractivity contribution in [3.8, 4) is 0 Å². The molecule has 0 fully saturated rings. The van der Waals surface area contributed by atoms with Crippen molar-refractivity contribution in [2.24, 2.45) is 0 Å². The van der Waals surface area contributed by atoms with Gasteiger partial charge in [-0.15, -0.1) is 0 Å². The zero-order valence-electron chi connectivity index (χ0n) is 22.8. The lowest BCUT2D eigenvalue weighted by atomic mass is 10.1. The Morgan fingerprint density at radius 1 is 0.471 bits per heavy atom. The van der Waals surface area contributed by atoms with Gasteiger partial charge in [-0.05, 0) is 27.2 Å². The van der Waals surface area contributed by atoms with Gasteiger partial charge in [0.25, 0.3) is 0 Å². The molecule has 0 aromatic rings. The van der Waals surface area contributed by atoms with Crippen LogP contribution in [0.15, 0.2) is 0 Å². The minimum Gasteiger partial charge on any atom is -0.394 e. The lowest BCUT2D eigenvalue weighted by molar-refractivity contribution is -0.0852. The smallest absolute Gasteiger partial charge is 0.0781 e. The quantitative estimate of drug-likeness (QED) is 0.151. The molecular formula is C27H56O7. The zero-order valence-corrected chi connectivity index (χ0v) is 22.8. The standard InChI is InChI=1S/C27H56O7/c1-5-6-7-8-9-10-11-12-13-14-16-31-22-25(2)33-24-27(4)34-23-26(3)32-21-20-30-19-18-29-17-15-28/h25-28H,5-24H2,1-4H3. The fourth-order valence-electron chi connectivity index (χ4n) is 3.38. The van der Waals surface area contributed by atoms with Crippen LogP contribution in [0.1, 0.15) is 91.9 Å². The van der Waals surface area contributed by atoms with Crippen molar-refractivity contribution in [2.45, 2.75) is 110 Å². The molecule has 0 aliphatic rings. The van der Waals surface area contributed by atoms with E-state index in [4.69, 9.17) is 33.5 Å².